The number of hydrogen-bond donors (Lipinski definition) is 0. The van der Waals surface area contributed by atoms with E-state index in [1.165, 1.54) is 49.5 Å². The van der Waals surface area contributed by atoms with Crippen molar-refractivity contribution in [3.63, 3.8) is 0 Å². The van der Waals surface area contributed by atoms with E-state index in [1.54, 1.807) is 11.3 Å². The molecule has 0 fully saturated rings. The average molecular weight is 455 g/mol. The van der Waals surface area contributed by atoms with Crippen molar-refractivity contribution in [1.29, 1.82) is 0 Å². The maximum atomic E-state index is 5.00. The topological polar surface area (TPSA) is 21.7 Å². The second kappa shape index (κ2) is 8.11. The van der Waals surface area contributed by atoms with E-state index in [0.29, 0.717) is 11.8 Å². The molecule has 2 aromatic heterocycles. The van der Waals surface area contributed by atoms with E-state index in [0.717, 1.165) is 10.5 Å². The van der Waals surface area contributed by atoms with Crippen molar-refractivity contribution in [2.24, 2.45) is 7.05 Å². The van der Waals surface area contributed by atoms with Crippen LogP contribution in [0.4, 0.5) is 0 Å². The zero-order valence-electron chi connectivity index (χ0n) is 20.6. The van der Waals surface area contributed by atoms with Crippen molar-refractivity contribution in [2.45, 2.75) is 53.4 Å². The molecular weight excluding hydrogens is 422 g/mol. The van der Waals surface area contributed by atoms with Gasteiger partial charge in [0.25, 0.3) is 5.82 Å². The number of benzene rings is 3. The van der Waals surface area contributed by atoms with Gasteiger partial charge >= 0.3 is 0 Å². The molecule has 33 heavy (non-hydrogen) atoms. The third-order valence-electron chi connectivity index (χ3n) is 6.68. The monoisotopic (exact) mass is 454 g/mol. The Bertz CT molecular complexity index is 1470. The smallest absolute Gasteiger partial charge is 0.241 e. The molecule has 5 rings (SSSR count). The van der Waals surface area contributed by atoms with Crippen molar-refractivity contribution in [1.82, 2.24) is 9.55 Å². The molecule has 0 atom stereocenters. The molecule has 0 aliphatic carbocycles. The normalized spacial score (nSPS) is 12.0. The summed E-state index contributed by atoms with van der Waals surface area (Å²) in [7, 11) is 2.19. The lowest BCUT2D eigenvalue weighted by Crippen LogP contribution is -2.30. The Morgan fingerprint density at radius 1 is 0.848 bits per heavy atom. The Morgan fingerprint density at radius 3 is 2.18 bits per heavy atom. The molecule has 168 valence electrons. The molecule has 0 bridgehead atoms. The van der Waals surface area contributed by atoms with Crippen molar-refractivity contribution >= 4 is 32.6 Å². The molecule has 0 spiro atoms. The average Bonchev–Trinajstić information content (AvgIpc) is 3.30. The zero-order valence-corrected chi connectivity index (χ0v) is 21.4. The van der Waals surface area contributed by atoms with Crippen LogP contribution in [-0.4, -0.2) is 9.55 Å². The predicted octanol–water partition coefficient (Wildman–Crippen LogP) is 7.60. The summed E-state index contributed by atoms with van der Waals surface area (Å²) in [6, 6.07) is 20.0. The minimum atomic E-state index is 0.413. The highest BCUT2D eigenvalue weighted by Crippen LogP contribution is 2.39. The Labute approximate surface area is 200 Å². The van der Waals surface area contributed by atoms with Crippen LogP contribution in [0, 0.1) is 13.8 Å². The van der Waals surface area contributed by atoms with E-state index in [9.17, 15) is 0 Å². The molecule has 0 radical (unpaired) electrons. The SMILES string of the molecule is Cc1nc2c(-c3n(-c4c(C(C)C)cccc4C(C)C)c4ccccc4[n+]3C)c(C)ccc2s1. The van der Waals surface area contributed by atoms with Crippen molar-refractivity contribution < 1.29 is 4.57 Å². The highest BCUT2D eigenvalue weighted by molar-refractivity contribution is 7.18. The number of aromatic nitrogens is 3. The standard InChI is InChI=1S/C29H32N3S/c1-17(2)21-11-10-12-22(18(3)4)28(21)32-24-14-9-8-13-23(24)31(7)29(32)26-19(5)15-16-25-27(26)30-20(6)33-25/h8-18H,1-7H3/q+1. The van der Waals surface area contributed by atoms with Crippen molar-refractivity contribution in [3.8, 4) is 17.1 Å². The van der Waals surface area contributed by atoms with Crippen molar-refractivity contribution in [3.05, 3.63) is 76.3 Å². The third kappa shape index (κ3) is 3.39. The number of fused-ring (bicyclic) bond motifs is 2. The van der Waals surface area contributed by atoms with Gasteiger partial charge < -0.3 is 0 Å². The fraction of sp³-hybridized carbons (Fsp3) is 0.310. The fourth-order valence-corrected chi connectivity index (χ4v) is 5.91. The highest BCUT2D eigenvalue weighted by Gasteiger charge is 2.32. The summed E-state index contributed by atoms with van der Waals surface area (Å²) < 4.78 is 6.11. The molecule has 0 aliphatic rings. The van der Waals surface area contributed by atoms with Gasteiger partial charge in [-0.3, -0.25) is 0 Å². The van der Waals surface area contributed by atoms with Gasteiger partial charge in [-0.25, -0.2) is 9.55 Å². The number of para-hydroxylation sites is 3. The quantitative estimate of drug-likeness (QED) is 0.256. The summed E-state index contributed by atoms with van der Waals surface area (Å²) in [5, 5.41) is 1.10. The van der Waals surface area contributed by atoms with Crippen LogP contribution in [0.5, 0.6) is 0 Å². The number of imidazole rings is 1. The highest BCUT2D eigenvalue weighted by atomic mass is 32.1. The van der Waals surface area contributed by atoms with E-state index in [-0.39, 0.29) is 0 Å². The molecule has 3 aromatic carbocycles. The lowest BCUT2D eigenvalue weighted by Gasteiger charge is -2.18. The van der Waals surface area contributed by atoms with Crippen LogP contribution in [0.25, 0.3) is 38.3 Å². The fourth-order valence-electron chi connectivity index (χ4n) is 5.08. The first kappa shape index (κ1) is 21.8. The van der Waals surface area contributed by atoms with Crippen LogP contribution < -0.4 is 4.57 Å². The van der Waals surface area contributed by atoms with Gasteiger partial charge in [0, 0.05) is 11.1 Å². The van der Waals surface area contributed by atoms with E-state index >= 15 is 0 Å². The summed E-state index contributed by atoms with van der Waals surface area (Å²) in [5.74, 6) is 2.02. The van der Waals surface area contributed by atoms with Crippen LogP contribution in [0.2, 0.25) is 0 Å². The summed E-state index contributed by atoms with van der Waals surface area (Å²) in [6.45, 7) is 13.5. The molecule has 2 heterocycles. The number of rotatable bonds is 4. The summed E-state index contributed by atoms with van der Waals surface area (Å²) in [5.41, 5.74) is 10.1. The predicted molar refractivity (Wildman–Crippen MR) is 141 cm³/mol. The molecule has 0 amide bonds. The molecule has 3 nitrogen and oxygen atoms in total. The van der Waals surface area contributed by atoms with E-state index in [4.69, 9.17) is 4.98 Å². The van der Waals surface area contributed by atoms with E-state index < -0.39 is 0 Å². The van der Waals surface area contributed by atoms with Gasteiger partial charge in [0.2, 0.25) is 0 Å². The minimum absolute atomic E-state index is 0.413. The first-order valence-corrected chi connectivity index (χ1v) is 12.6. The molecule has 0 N–H and O–H groups in total. The Morgan fingerprint density at radius 2 is 1.52 bits per heavy atom. The first-order chi connectivity index (χ1) is 15.8. The molecule has 0 aliphatic heterocycles. The zero-order chi connectivity index (χ0) is 23.4. The molecular formula is C29H32N3S+. The summed E-state index contributed by atoms with van der Waals surface area (Å²) in [4.78, 5) is 5.00. The number of hydrogen-bond acceptors (Lipinski definition) is 2. The van der Waals surface area contributed by atoms with Gasteiger partial charge in [-0.2, -0.15) is 4.57 Å². The Balaban J connectivity index is 2.02. The Hall–Kier alpha value is -2.98. The van der Waals surface area contributed by atoms with Gasteiger partial charge in [0.1, 0.15) is 5.69 Å². The van der Waals surface area contributed by atoms with Crippen LogP contribution in [0.15, 0.2) is 54.6 Å². The summed E-state index contributed by atoms with van der Waals surface area (Å²) in [6.07, 6.45) is 0. The molecule has 4 heteroatoms. The van der Waals surface area contributed by atoms with Gasteiger partial charge in [-0.05, 0) is 49.4 Å². The van der Waals surface area contributed by atoms with Gasteiger partial charge in [0.15, 0.2) is 11.0 Å². The molecule has 0 unspecified atom stereocenters. The van der Waals surface area contributed by atoms with Gasteiger partial charge in [-0.15, -0.1) is 11.3 Å². The molecule has 0 saturated heterocycles. The lowest BCUT2D eigenvalue weighted by molar-refractivity contribution is -0.633. The van der Waals surface area contributed by atoms with Crippen LogP contribution >= 0.6 is 11.3 Å². The van der Waals surface area contributed by atoms with E-state index in [2.05, 4.69) is 112 Å². The van der Waals surface area contributed by atoms with E-state index in [1.807, 2.05) is 0 Å². The number of aryl methyl sites for hydroxylation is 3. The maximum Gasteiger partial charge on any atom is 0.297 e. The number of thiazole rings is 1. The second-order valence-electron chi connectivity index (χ2n) is 9.64. The van der Waals surface area contributed by atoms with Gasteiger partial charge in [0.05, 0.1) is 27.8 Å². The number of nitrogens with zero attached hydrogens (tertiary/aromatic N) is 3. The third-order valence-corrected chi connectivity index (χ3v) is 7.62. The molecule has 5 aromatic rings. The molecule has 0 saturated carbocycles. The van der Waals surface area contributed by atoms with Crippen LogP contribution in [-0.2, 0) is 7.05 Å². The minimum Gasteiger partial charge on any atom is -0.241 e. The van der Waals surface area contributed by atoms with Crippen LogP contribution in [0.3, 0.4) is 0 Å². The lowest BCUT2D eigenvalue weighted by atomic mass is 9.92. The Kier molecular flexibility index (Phi) is 5.37. The van der Waals surface area contributed by atoms with Crippen LogP contribution in [0.1, 0.15) is 61.2 Å². The van der Waals surface area contributed by atoms with Gasteiger partial charge in [-0.1, -0.05) is 64.1 Å². The maximum absolute atomic E-state index is 5.00. The van der Waals surface area contributed by atoms with Crippen molar-refractivity contribution in [2.75, 3.05) is 0 Å². The largest absolute Gasteiger partial charge is 0.297 e. The first-order valence-electron chi connectivity index (χ1n) is 11.8. The summed E-state index contributed by atoms with van der Waals surface area (Å²) >= 11 is 1.77. The second-order valence-corrected chi connectivity index (χ2v) is 10.9.